The van der Waals surface area contributed by atoms with E-state index in [1.54, 1.807) is 11.1 Å². The van der Waals surface area contributed by atoms with Crippen molar-refractivity contribution in [1.29, 1.82) is 0 Å². The third-order valence-electron chi connectivity index (χ3n) is 7.84. The van der Waals surface area contributed by atoms with Crippen LogP contribution in [0.5, 0.6) is 0 Å². The summed E-state index contributed by atoms with van der Waals surface area (Å²) in [6.45, 7) is 14.8. The van der Waals surface area contributed by atoms with Crippen molar-refractivity contribution >= 4 is 0 Å². The molecule has 146 valence electrons. The highest BCUT2D eigenvalue weighted by Crippen LogP contribution is 2.50. The van der Waals surface area contributed by atoms with E-state index in [1.807, 2.05) is 0 Å². The highest BCUT2D eigenvalue weighted by molar-refractivity contribution is 5.35. The van der Waals surface area contributed by atoms with Crippen molar-refractivity contribution in [3.05, 3.63) is 35.4 Å². The molecule has 6 atom stereocenters. The molecule has 0 nitrogen and oxygen atoms in total. The summed E-state index contributed by atoms with van der Waals surface area (Å²) < 4.78 is 0. The minimum absolute atomic E-state index is 0.778. The molecule has 2 saturated carbocycles. The third kappa shape index (κ3) is 4.20. The van der Waals surface area contributed by atoms with Crippen LogP contribution in [0, 0.1) is 35.5 Å². The van der Waals surface area contributed by atoms with Crippen molar-refractivity contribution in [2.75, 3.05) is 0 Å². The first-order chi connectivity index (χ1) is 12.4. The first-order valence-electron chi connectivity index (χ1n) is 11.5. The lowest BCUT2D eigenvalue weighted by Crippen LogP contribution is -2.30. The van der Waals surface area contributed by atoms with Gasteiger partial charge in [-0.2, -0.15) is 0 Å². The Morgan fingerprint density at radius 1 is 0.654 bits per heavy atom. The van der Waals surface area contributed by atoms with Gasteiger partial charge in [0.1, 0.15) is 0 Å². The molecule has 0 N–H and O–H groups in total. The number of hydrogen-bond acceptors (Lipinski definition) is 0. The Labute approximate surface area is 163 Å². The predicted octanol–water partition coefficient (Wildman–Crippen LogP) is 8.04. The number of hydrogen-bond donors (Lipinski definition) is 0. The Kier molecular flexibility index (Phi) is 6.52. The molecule has 0 heteroatoms. The Morgan fingerprint density at radius 2 is 1.04 bits per heavy atom. The molecule has 2 fully saturated rings. The summed E-state index contributed by atoms with van der Waals surface area (Å²) in [7, 11) is 0. The molecule has 0 radical (unpaired) electrons. The maximum atomic E-state index is 2.50. The quantitative estimate of drug-likeness (QED) is 0.513. The van der Waals surface area contributed by atoms with E-state index < -0.39 is 0 Å². The molecule has 3 rings (SSSR count). The van der Waals surface area contributed by atoms with Crippen LogP contribution in [0.2, 0.25) is 0 Å². The van der Waals surface area contributed by atoms with Gasteiger partial charge in [0.05, 0.1) is 0 Å². The molecule has 0 amide bonds. The van der Waals surface area contributed by atoms with E-state index in [1.165, 1.54) is 38.5 Å². The average Bonchev–Trinajstić information content (AvgIpc) is 2.61. The summed E-state index contributed by atoms with van der Waals surface area (Å²) in [5.74, 6) is 6.65. The highest BCUT2D eigenvalue weighted by Gasteiger charge is 2.37. The SMILES string of the molecule is CC1CCC(C(C)C)C(c2ccccc2C2CC(C)CCC2C(C)C)C1. The zero-order chi connectivity index (χ0) is 18.8. The first kappa shape index (κ1) is 20.0. The van der Waals surface area contributed by atoms with Crippen molar-refractivity contribution in [2.24, 2.45) is 35.5 Å². The highest BCUT2D eigenvalue weighted by atomic mass is 14.4. The van der Waals surface area contributed by atoms with Gasteiger partial charge in [-0.25, -0.2) is 0 Å². The second-order valence-electron chi connectivity index (χ2n) is 10.5. The lowest BCUT2D eigenvalue weighted by Gasteiger charge is -2.42. The van der Waals surface area contributed by atoms with E-state index in [-0.39, 0.29) is 0 Å². The molecule has 0 heterocycles. The molecule has 1 aromatic rings. The minimum atomic E-state index is 0.778. The van der Waals surface area contributed by atoms with Gasteiger partial charge in [0.2, 0.25) is 0 Å². The molecule has 0 bridgehead atoms. The average molecular weight is 355 g/mol. The Balaban J connectivity index is 1.98. The standard InChI is InChI=1S/C26H42/c1-17(2)21-13-11-19(5)15-25(21)23-9-7-8-10-24(23)26-16-20(6)12-14-22(26)18(3)4/h7-10,17-22,25-26H,11-16H2,1-6H3. The van der Waals surface area contributed by atoms with Crippen molar-refractivity contribution in [3.8, 4) is 0 Å². The summed E-state index contributed by atoms with van der Waals surface area (Å²) in [4.78, 5) is 0. The topological polar surface area (TPSA) is 0 Å². The fourth-order valence-corrected chi connectivity index (χ4v) is 6.31. The van der Waals surface area contributed by atoms with Gasteiger partial charge < -0.3 is 0 Å². The number of rotatable bonds is 4. The third-order valence-corrected chi connectivity index (χ3v) is 7.84. The Hall–Kier alpha value is -0.780. The van der Waals surface area contributed by atoms with Gasteiger partial charge >= 0.3 is 0 Å². The van der Waals surface area contributed by atoms with Crippen molar-refractivity contribution in [3.63, 3.8) is 0 Å². The molecule has 1 aromatic carbocycles. The smallest absolute Gasteiger partial charge is 0.0126 e. The van der Waals surface area contributed by atoms with Crippen molar-refractivity contribution < 1.29 is 0 Å². The Bertz CT molecular complexity index is 518. The minimum Gasteiger partial charge on any atom is -0.0625 e. The fraction of sp³-hybridized carbons (Fsp3) is 0.769. The lowest BCUT2D eigenvalue weighted by atomic mass is 9.62. The second-order valence-corrected chi connectivity index (χ2v) is 10.5. The molecule has 6 unspecified atom stereocenters. The van der Waals surface area contributed by atoms with E-state index >= 15 is 0 Å². The summed E-state index contributed by atoms with van der Waals surface area (Å²) in [5, 5.41) is 0. The monoisotopic (exact) mass is 354 g/mol. The summed E-state index contributed by atoms with van der Waals surface area (Å²) in [5.41, 5.74) is 3.45. The Morgan fingerprint density at radius 3 is 1.38 bits per heavy atom. The van der Waals surface area contributed by atoms with Gasteiger partial charge in [-0.3, -0.25) is 0 Å². The zero-order valence-corrected chi connectivity index (χ0v) is 18.2. The van der Waals surface area contributed by atoms with Crippen LogP contribution in [-0.4, -0.2) is 0 Å². The normalized spacial score (nSPS) is 35.8. The molecular formula is C26H42. The van der Waals surface area contributed by atoms with Crippen LogP contribution in [0.3, 0.4) is 0 Å². The van der Waals surface area contributed by atoms with Gasteiger partial charge in [0, 0.05) is 0 Å². The van der Waals surface area contributed by atoms with E-state index in [0.717, 1.165) is 47.3 Å². The van der Waals surface area contributed by atoms with Crippen LogP contribution < -0.4 is 0 Å². The molecular weight excluding hydrogens is 312 g/mol. The van der Waals surface area contributed by atoms with Gasteiger partial charge in [-0.05, 0) is 84.2 Å². The summed E-state index contributed by atoms with van der Waals surface area (Å²) in [6.07, 6.45) is 8.50. The van der Waals surface area contributed by atoms with E-state index in [9.17, 15) is 0 Å². The van der Waals surface area contributed by atoms with Gasteiger partial charge in [-0.15, -0.1) is 0 Å². The van der Waals surface area contributed by atoms with Crippen molar-refractivity contribution in [1.82, 2.24) is 0 Å². The van der Waals surface area contributed by atoms with Gasteiger partial charge in [0.15, 0.2) is 0 Å². The molecule has 26 heavy (non-hydrogen) atoms. The van der Waals surface area contributed by atoms with E-state index in [4.69, 9.17) is 0 Å². The molecule has 0 spiro atoms. The van der Waals surface area contributed by atoms with Crippen LogP contribution in [-0.2, 0) is 0 Å². The second kappa shape index (κ2) is 8.49. The summed E-state index contributed by atoms with van der Waals surface area (Å²) in [6, 6.07) is 9.63. The summed E-state index contributed by atoms with van der Waals surface area (Å²) >= 11 is 0. The van der Waals surface area contributed by atoms with E-state index in [0.29, 0.717) is 0 Å². The first-order valence-corrected chi connectivity index (χ1v) is 11.5. The molecule has 0 aromatic heterocycles. The zero-order valence-electron chi connectivity index (χ0n) is 18.2. The van der Waals surface area contributed by atoms with Crippen LogP contribution >= 0.6 is 0 Å². The fourth-order valence-electron chi connectivity index (χ4n) is 6.31. The maximum absolute atomic E-state index is 2.50. The van der Waals surface area contributed by atoms with Gasteiger partial charge in [0.25, 0.3) is 0 Å². The van der Waals surface area contributed by atoms with Crippen LogP contribution in [0.4, 0.5) is 0 Å². The van der Waals surface area contributed by atoms with Crippen LogP contribution in [0.25, 0.3) is 0 Å². The molecule has 2 aliphatic rings. The predicted molar refractivity (Wildman–Crippen MR) is 115 cm³/mol. The van der Waals surface area contributed by atoms with Crippen molar-refractivity contribution in [2.45, 2.75) is 91.9 Å². The molecule has 2 aliphatic carbocycles. The van der Waals surface area contributed by atoms with Gasteiger partial charge in [-0.1, -0.05) is 78.6 Å². The van der Waals surface area contributed by atoms with Crippen LogP contribution in [0.15, 0.2) is 24.3 Å². The number of benzene rings is 1. The molecule has 0 aliphatic heterocycles. The van der Waals surface area contributed by atoms with E-state index in [2.05, 4.69) is 65.8 Å². The maximum Gasteiger partial charge on any atom is -0.0126 e. The largest absolute Gasteiger partial charge is 0.0625 e. The lowest BCUT2D eigenvalue weighted by molar-refractivity contribution is 0.183. The van der Waals surface area contributed by atoms with Crippen LogP contribution in [0.1, 0.15) is 103 Å². The molecule has 0 saturated heterocycles.